The molecule has 20 heavy (non-hydrogen) atoms. The number of hydrogen-bond donors (Lipinski definition) is 2. The molecule has 0 aromatic heterocycles. The minimum atomic E-state index is 0.837. The van der Waals surface area contributed by atoms with Crippen LogP contribution in [0.15, 0.2) is 65.7 Å². The van der Waals surface area contributed by atoms with E-state index in [0.717, 1.165) is 36.5 Å². The maximum absolute atomic E-state index is 4.64. The van der Waals surface area contributed by atoms with Crippen LogP contribution in [0.1, 0.15) is 25.3 Å². The third kappa shape index (κ3) is 4.43. The van der Waals surface area contributed by atoms with E-state index in [0.29, 0.717) is 0 Å². The summed E-state index contributed by atoms with van der Waals surface area (Å²) in [6.45, 7) is 3.01. The molecule has 0 heterocycles. The second kappa shape index (κ2) is 8.00. The van der Waals surface area contributed by atoms with Crippen molar-refractivity contribution in [3.05, 3.63) is 66.2 Å². The summed E-state index contributed by atoms with van der Waals surface area (Å²) in [6.07, 6.45) is 2.25. The average molecular weight is 267 g/mol. The van der Waals surface area contributed by atoms with Gasteiger partial charge in [-0.15, -0.1) is 0 Å². The lowest BCUT2D eigenvalue weighted by Gasteiger charge is -2.12. The molecule has 104 valence electrons. The number of nitrogens with one attached hydrogen (secondary N) is 2. The summed E-state index contributed by atoms with van der Waals surface area (Å²) in [6, 6.07) is 20.2. The van der Waals surface area contributed by atoms with Crippen molar-refractivity contribution in [1.29, 1.82) is 0 Å². The molecule has 0 unspecified atom stereocenters. The van der Waals surface area contributed by atoms with E-state index in [-0.39, 0.29) is 0 Å². The molecule has 2 aromatic carbocycles. The van der Waals surface area contributed by atoms with Crippen LogP contribution in [0.2, 0.25) is 0 Å². The summed E-state index contributed by atoms with van der Waals surface area (Å²) in [7, 11) is 0. The van der Waals surface area contributed by atoms with E-state index in [2.05, 4.69) is 34.9 Å². The highest BCUT2D eigenvalue weighted by Crippen LogP contribution is 2.05. The SMILES string of the molecule is CCCCN=C(NNc1ccccc1)c1ccccc1. The minimum absolute atomic E-state index is 0.837. The molecule has 0 saturated carbocycles. The predicted molar refractivity (Wildman–Crippen MR) is 86.0 cm³/mol. The summed E-state index contributed by atoms with van der Waals surface area (Å²) >= 11 is 0. The monoisotopic (exact) mass is 267 g/mol. The van der Waals surface area contributed by atoms with E-state index < -0.39 is 0 Å². The van der Waals surface area contributed by atoms with Crippen molar-refractivity contribution in [2.75, 3.05) is 12.0 Å². The molecule has 0 aliphatic heterocycles. The number of para-hydroxylation sites is 1. The van der Waals surface area contributed by atoms with Gasteiger partial charge in [-0.25, -0.2) is 0 Å². The first-order valence-corrected chi connectivity index (χ1v) is 7.07. The Morgan fingerprint density at radius 2 is 1.60 bits per heavy atom. The van der Waals surface area contributed by atoms with Crippen LogP contribution in [-0.2, 0) is 0 Å². The quantitative estimate of drug-likeness (QED) is 0.361. The molecule has 0 amide bonds. The van der Waals surface area contributed by atoms with Gasteiger partial charge >= 0.3 is 0 Å². The van der Waals surface area contributed by atoms with Gasteiger partial charge in [-0.2, -0.15) is 0 Å². The first-order chi connectivity index (χ1) is 9.90. The van der Waals surface area contributed by atoms with Gasteiger partial charge in [0.15, 0.2) is 0 Å². The molecular formula is C17H21N3. The second-order valence-electron chi connectivity index (χ2n) is 4.57. The Kier molecular flexibility index (Phi) is 5.65. The van der Waals surface area contributed by atoms with E-state index in [1.807, 2.05) is 48.5 Å². The molecule has 3 nitrogen and oxygen atoms in total. The Bertz CT molecular complexity index is 520. The fraction of sp³-hybridized carbons (Fsp3) is 0.235. The highest BCUT2D eigenvalue weighted by atomic mass is 15.4. The number of amidine groups is 1. The number of hydrazine groups is 1. The van der Waals surface area contributed by atoms with Crippen LogP contribution in [0.3, 0.4) is 0 Å². The average Bonchev–Trinajstić information content (AvgIpc) is 2.52. The van der Waals surface area contributed by atoms with Crippen LogP contribution < -0.4 is 10.9 Å². The maximum Gasteiger partial charge on any atom is 0.147 e. The molecule has 0 aliphatic rings. The number of nitrogens with zero attached hydrogens (tertiary/aromatic N) is 1. The molecule has 0 bridgehead atoms. The maximum atomic E-state index is 4.64. The number of unbranched alkanes of at least 4 members (excludes halogenated alkanes) is 1. The first kappa shape index (κ1) is 14.1. The molecule has 0 fully saturated rings. The molecule has 0 aliphatic carbocycles. The van der Waals surface area contributed by atoms with Crippen LogP contribution in [0.4, 0.5) is 5.69 Å². The topological polar surface area (TPSA) is 36.4 Å². The third-order valence-electron chi connectivity index (χ3n) is 2.93. The van der Waals surface area contributed by atoms with Crippen LogP contribution in [0, 0.1) is 0 Å². The molecule has 3 heteroatoms. The van der Waals surface area contributed by atoms with Crippen LogP contribution >= 0.6 is 0 Å². The molecule has 2 N–H and O–H groups in total. The lowest BCUT2D eigenvalue weighted by atomic mass is 10.2. The van der Waals surface area contributed by atoms with Gasteiger partial charge in [0.2, 0.25) is 0 Å². The van der Waals surface area contributed by atoms with E-state index in [1.165, 1.54) is 0 Å². The van der Waals surface area contributed by atoms with Gasteiger partial charge in [0.05, 0.1) is 5.69 Å². The fourth-order valence-corrected chi connectivity index (χ4v) is 1.80. The highest BCUT2D eigenvalue weighted by molar-refractivity contribution is 5.99. The fourth-order valence-electron chi connectivity index (χ4n) is 1.80. The van der Waals surface area contributed by atoms with Gasteiger partial charge < -0.3 is 0 Å². The van der Waals surface area contributed by atoms with Gasteiger partial charge in [-0.1, -0.05) is 61.9 Å². The van der Waals surface area contributed by atoms with Crippen molar-refractivity contribution in [1.82, 2.24) is 5.43 Å². The zero-order valence-electron chi connectivity index (χ0n) is 11.8. The second-order valence-corrected chi connectivity index (χ2v) is 4.57. The Morgan fingerprint density at radius 3 is 2.25 bits per heavy atom. The van der Waals surface area contributed by atoms with Gasteiger partial charge in [0.1, 0.15) is 5.84 Å². The summed E-state index contributed by atoms with van der Waals surface area (Å²) in [5, 5.41) is 0. The van der Waals surface area contributed by atoms with Crippen molar-refractivity contribution in [2.45, 2.75) is 19.8 Å². The number of anilines is 1. The van der Waals surface area contributed by atoms with E-state index in [1.54, 1.807) is 0 Å². The summed E-state index contributed by atoms with van der Waals surface area (Å²) in [5.41, 5.74) is 8.51. The molecule has 0 atom stereocenters. The zero-order chi connectivity index (χ0) is 14.0. The van der Waals surface area contributed by atoms with E-state index in [4.69, 9.17) is 0 Å². The normalized spacial score (nSPS) is 11.2. The van der Waals surface area contributed by atoms with Crippen molar-refractivity contribution >= 4 is 11.5 Å². The smallest absolute Gasteiger partial charge is 0.147 e. The van der Waals surface area contributed by atoms with Crippen LogP contribution in [-0.4, -0.2) is 12.4 Å². The number of benzene rings is 2. The summed E-state index contributed by atoms with van der Waals surface area (Å²) < 4.78 is 0. The number of hydrogen-bond acceptors (Lipinski definition) is 2. The van der Waals surface area contributed by atoms with Crippen molar-refractivity contribution < 1.29 is 0 Å². The Hall–Kier alpha value is -2.29. The van der Waals surface area contributed by atoms with Gasteiger partial charge in [0.25, 0.3) is 0 Å². The van der Waals surface area contributed by atoms with E-state index in [9.17, 15) is 0 Å². The molecular weight excluding hydrogens is 246 g/mol. The molecule has 0 radical (unpaired) electrons. The largest absolute Gasteiger partial charge is 0.300 e. The third-order valence-corrected chi connectivity index (χ3v) is 2.93. The molecule has 0 saturated heterocycles. The molecule has 2 aromatic rings. The summed E-state index contributed by atoms with van der Waals surface area (Å²) in [5.74, 6) is 0.878. The van der Waals surface area contributed by atoms with Crippen LogP contribution in [0.5, 0.6) is 0 Å². The predicted octanol–water partition coefficient (Wildman–Crippen LogP) is 3.85. The molecule has 0 spiro atoms. The standard InChI is InChI=1S/C17H21N3/c1-2-3-14-18-17(15-10-6-4-7-11-15)20-19-16-12-8-5-9-13-16/h4-13,19H,2-3,14H2,1H3,(H,18,20). The number of rotatable bonds is 6. The van der Waals surface area contributed by atoms with E-state index >= 15 is 0 Å². The Morgan fingerprint density at radius 1 is 0.950 bits per heavy atom. The van der Waals surface area contributed by atoms with Crippen molar-refractivity contribution in [3.63, 3.8) is 0 Å². The van der Waals surface area contributed by atoms with Gasteiger partial charge in [-0.05, 0) is 18.6 Å². The van der Waals surface area contributed by atoms with Crippen LogP contribution in [0.25, 0.3) is 0 Å². The molecule has 2 rings (SSSR count). The summed E-state index contributed by atoms with van der Waals surface area (Å²) in [4.78, 5) is 4.64. The van der Waals surface area contributed by atoms with Gasteiger partial charge in [0, 0.05) is 12.1 Å². The van der Waals surface area contributed by atoms with Gasteiger partial charge in [-0.3, -0.25) is 15.8 Å². The zero-order valence-corrected chi connectivity index (χ0v) is 11.8. The minimum Gasteiger partial charge on any atom is -0.300 e. The lowest BCUT2D eigenvalue weighted by molar-refractivity contribution is 0.804. The Balaban J connectivity index is 2.05. The lowest BCUT2D eigenvalue weighted by Crippen LogP contribution is -2.30. The van der Waals surface area contributed by atoms with Crippen molar-refractivity contribution in [2.24, 2.45) is 4.99 Å². The highest BCUT2D eigenvalue weighted by Gasteiger charge is 2.01. The Labute approximate surface area is 120 Å². The first-order valence-electron chi connectivity index (χ1n) is 7.07. The van der Waals surface area contributed by atoms with Crippen molar-refractivity contribution in [3.8, 4) is 0 Å². The number of aliphatic imine (C=N–C) groups is 1.